The van der Waals surface area contributed by atoms with Crippen molar-refractivity contribution < 1.29 is 52.1 Å². The molecule has 0 aliphatic carbocycles. The molecule has 2 aromatic rings. The number of nitrogens with zero attached hydrogens (tertiary/aromatic N) is 5. The molecule has 0 radical (unpaired) electrons. The minimum atomic E-state index is -2.81. The number of ether oxygens (including phenoxy) is 2. The van der Waals surface area contributed by atoms with Crippen molar-refractivity contribution in [2.45, 2.75) is 70.4 Å². The first-order chi connectivity index (χ1) is 24.8. The first kappa shape index (κ1) is 38.1. The lowest BCUT2D eigenvalue weighted by Gasteiger charge is -2.35. The smallest absolute Gasteiger partial charge is 0.409 e. The maximum atomic E-state index is 13.7. The molecule has 5 amide bonds. The van der Waals surface area contributed by atoms with Crippen LogP contribution in [0.15, 0.2) is 24.3 Å². The maximum absolute atomic E-state index is 13.7. The van der Waals surface area contributed by atoms with Crippen LogP contribution in [0, 0.1) is 6.92 Å². The monoisotopic (exact) mass is 730 g/mol. The molecular weight excluding hydrogens is 686 g/mol. The highest BCUT2D eigenvalue weighted by Crippen LogP contribution is 2.30. The second kappa shape index (κ2) is 16.5. The molecule has 52 heavy (non-hydrogen) atoms. The van der Waals surface area contributed by atoms with Crippen LogP contribution in [0.2, 0.25) is 0 Å². The molecule has 282 valence electrons. The Morgan fingerprint density at radius 3 is 2.35 bits per heavy atom. The third-order valence-corrected chi connectivity index (χ3v) is 9.54. The van der Waals surface area contributed by atoms with Gasteiger partial charge in [0.1, 0.15) is 23.5 Å². The number of pyridine rings is 1. The van der Waals surface area contributed by atoms with E-state index in [1.165, 1.54) is 25.7 Å². The number of piperidine rings is 1. The van der Waals surface area contributed by atoms with E-state index in [1.54, 1.807) is 25.1 Å². The number of benzene rings is 1. The van der Waals surface area contributed by atoms with E-state index < -0.39 is 73.7 Å². The lowest BCUT2D eigenvalue weighted by molar-refractivity contribution is -0.148. The van der Waals surface area contributed by atoms with E-state index in [-0.39, 0.29) is 69.6 Å². The molecule has 0 saturated carbocycles. The molecule has 3 saturated heterocycles. The zero-order chi connectivity index (χ0) is 37.6. The number of nitrogens with one attached hydrogen (secondary N) is 1. The summed E-state index contributed by atoms with van der Waals surface area (Å²) in [7, 11) is 0. The molecular formula is C35H44F2N6O9. The fourth-order valence-corrected chi connectivity index (χ4v) is 6.65. The van der Waals surface area contributed by atoms with Crippen LogP contribution in [0.1, 0.15) is 61.5 Å². The number of aryl methyl sites for hydroxylation is 1. The molecule has 5 rings (SSSR count). The first-order valence-corrected chi connectivity index (χ1v) is 17.5. The van der Waals surface area contributed by atoms with Crippen LogP contribution in [0.5, 0.6) is 5.75 Å². The summed E-state index contributed by atoms with van der Waals surface area (Å²) >= 11 is 0. The lowest BCUT2D eigenvalue weighted by Crippen LogP contribution is -2.56. The number of fused-ring (bicyclic) bond motifs is 1. The van der Waals surface area contributed by atoms with Gasteiger partial charge in [0.15, 0.2) is 6.61 Å². The number of alkyl halides is 2. The molecule has 0 spiro atoms. The number of likely N-dealkylation sites (tertiary alicyclic amines) is 2. The lowest BCUT2D eigenvalue weighted by atomic mass is 10.1. The van der Waals surface area contributed by atoms with Gasteiger partial charge < -0.3 is 39.5 Å². The van der Waals surface area contributed by atoms with Crippen LogP contribution in [-0.4, -0.2) is 142 Å². The van der Waals surface area contributed by atoms with Crippen molar-refractivity contribution in [3.05, 3.63) is 35.5 Å². The Kier molecular flexibility index (Phi) is 12.1. The molecule has 0 bridgehead atoms. The van der Waals surface area contributed by atoms with Gasteiger partial charge in [-0.25, -0.2) is 18.6 Å². The van der Waals surface area contributed by atoms with Crippen LogP contribution in [0.4, 0.5) is 13.6 Å². The number of rotatable bonds is 11. The van der Waals surface area contributed by atoms with E-state index in [0.717, 1.165) is 5.56 Å². The summed E-state index contributed by atoms with van der Waals surface area (Å²) in [6.07, 6.45) is -0.962. The third kappa shape index (κ3) is 9.22. The molecule has 17 heteroatoms. The Morgan fingerprint density at radius 1 is 0.981 bits per heavy atom. The van der Waals surface area contributed by atoms with Gasteiger partial charge in [-0.3, -0.25) is 24.0 Å². The molecule has 3 fully saturated rings. The van der Waals surface area contributed by atoms with Crippen LogP contribution in [0.25, 0.3) is 10.9 Å². The highest BCUT2D eigenvalue weighted by atomic mass is 19.3. The number of carboxylic acids is 1. The molecule has 3 aliphatic rings. The summed E-state index contributed by atoms with van der Waals surface area (Å²) in [6, 6.07) is 4.58. The van der Waals surface area contributed by atoms with Gasteiger partial charge in [-0.1, -0.05) is 6.07 Å². The summed E-state index contributed by atoms with van der Waals surface area (Å²) < 4.78 is 38.4. The number of carbonyl (C=O) groups excluding carboxylic acids is 5. The average molecular weight is 731 g/mol. The average Bonchev–Trinajstić information content (AvgIpc) is 3.61. The zero-order valence-corrected chi connectivity index (χ0v) is 29.3. The van der Waals surface area contributed by atoms with Crippen molar-refractivity contribution in [1.29, 1.82) is 0 Å². The fraction of sp³-hybridized carbons (Fsp3) is 0.571. The molecule has 1 aromatic heterocycles. The second-order valence-electron chi connectivity index (χ2n) is 13.2. The van der Waals surface area contributed by atoms with Crippen LogP contribution in [0.3, 0.4) is 0 Å². The van der Waals surface area contributed by atoms with E-state index in [2.05, 4.69) is 10.3 Å². The highest BCUT2D eigenvalue weighted by Gasteiger charge is 2.41. The summed E-state index contributed by atoms with van der Waals surface area (Å²) in [5, 5.41) is 12.5. The number of hydrogen-bond acceptors (Lipinski definition) is 9. The Balaban J connectivity index is 1.29. The zero-order valence-electron chi connectivity index (χ0n) is 29.3. The fourth-order valence-electron chi connectivity index (χ4n) is 6.65. The van der Waals surface area contributed by atoms with Gasteiger partial charge >= 0.3 is 12.1 Å². The number of halogens is 2. The van der Waals surface area contributed by atoms with Crippen molar-refractivity contribution >= 4 is 46.6 Å². The van der Waals surface area contributed by atoms with Gasteiger partial charge in [0.2, 0.25) is 11.8 Å². The van der Waals surface area contributed by atoms with E-state index >= 15 is 0 Å². The third-order valence-electron chi connectivity index (χ3n) is 9.54. The number of piperazine rings is 1. The van der Waals surface area contributed by atoms with Gasteiger partial charge in [0.05, 0.1) is 12.1 Å². The van der Waals surface area contributed by atoms with Gasteiger partial charge in [-0.15, -0.1) is 0 Å². The minimum Gasteiger partial charge on any atom is -0.483 e. The number of aliphatic carboxylic acids is 1. The van der Waals surface area contributed by atoms with Crippen LogP contribution >= 0.6 is 0 Å². The van der Waals surface area contributed by atoms with Crippen LogP contribution in [-0.2, 0) is 23.9 Å². The number of hydrogen-bond donors (Lipinski definition) is 2. The van der Waals surface area contributed by atoms with Gasteiger partial charge in [-0.05, 0) is 50.8 Å². The highest BCUT2D eigenvalue weighted by molar-refractivity contribution is 5.99. The molecule has 2 N–H and O–H groups in total. The SMILES string of the molecule is CCOC(=O)N1CCN(C(=O)C(CCC(=O)O)NC(=O)c2cc(OCC(=O)N3CCCC3C(=O)N3CCC(F)(F)CC3)c3ccc(C)cc3n2)CC1. The van der Waals surface area contributed by atoms with E-state index in [0.29, 0.717) is 30.3 Å². The summed E-state index contributed by atoms with van der Waals surface area (Å²) in [5.74, 6) is -5.95. The summed E-state index contributed by atoms with van der Waals surface area (Å²) in [4.78, 5) is 87.6. The first-order valence-electron chi connectivity index (χ1n) is 17.5. The van der Waals surface area contributed by atoms with Crippen LogP contribution < -0.4 is 10.1 Å². The van der Waals surface area contributed by atoms with Crippen molar-refractivity contribution in [3.63, 3.8) is 0 Å². The van der Waals surface area contributed by atoms with Crippen molar-refractivity contribution in [2.24, 2.45) is 0 Å². The van der Waals surface area contributed by atoms with Crippen molar-refractivity contribution in [2.75, 3.05) is 59.0 Å². The predicted octanol–water partition coefficient (Wildman–Crippen LogP) is 2.43. The molecule has 3 aliphatic heterocycles. The molecule has 4 heterocycles. The van der Waals surface area contributed by atoms with Crippen molar-refractivity contribution in [1.82, 2.24) is 29.9 Å². The Labute approximate surface area is 299 Å². The number of aromatic nitrogens is 1. The number of amides is 5. The summed E-state index contributed by atoms with van der Waals surface area (Å²) in [6.45, 7) is 4.12. The van der Waals surface area contributed by atoms with E-state index in [1.807, 2.05) is 6.92 Å². The molecule has 15 nitrogen and oxygen atoms in total. The Hall–Kier alpha value is -5.09. The molecule has 1 aromatic carbocycles. The predicted molar refractivity (Wildman–Crippen MR) is 181 cm³/mol. The summed E-state index contributed by atoms with van der Waals surface area (Å²) in [5.41, 5.74) is 1.05. The van der Waals surface area contributed by atoms with E-state index in [4.69, 9.17) is 9.47 Å². The standard InChI is InChI=1S/C35H44F2N6O9/c1-3-51-34(50)42-17-15-41(16-18-42)32(48)24(8-9-30(45)46)39-31(47)26-20-28(23-7-6-22(2)19-25(23)38-26)52-21-29(44)43-12-4-5-27(43)33(49)40-13-10-35(36,37)11-14-40/h6-7,19-20,24,27H,3-5,8-18,21H2,1-2H3,(H,39,47)(H,45,46). The quantitative estimate of drug-likeness (QED) is 0.349. The normalized spacial score (nSPS) is 19.3. The molecule has 2 unspecified atom stereocenters. The second-order valence-corrected chi connectivity index (χ2v) is 13.2. The van der Waals surface area contributed by atoms with Gasteiger partial charge in [0, 0.05) is 76.5 Å². The topological polar surface area (TPSA) is 179 Å². The molecule has 2 atom stereocenters. The maximum Gasteiger partial charge on any atom is 0.409 e. The van der Waals surface area contributed by atoms with E-state index in [9.17, 15) is 42.7 Å². The largest absolute Gasteiger partial charge is 0.483 e. The minimum absolute atomic E-state index is 0.0803. The Bertz CT molecular complexity index is 1690. The van der Waals surface area contributed by atoms with Gasteiger partial charge in [-0.2, -0.15) is 0 Å². The number of carboxylic acid groups (broad SMARTS) is 1. The Morgan fingerprint density at radius 2 is 1.67 bits per heavy atom. The number of carbonyl (C=O) groups is 6. The van der Waals surface area contributed by atoms with Crippen molar-refractivity contribution in [3.8, 4) is 5.75 Å². The van der Waals surface area contributed by atoms with Gasteiger partial charge in [0.25, 0.3) is 17.7 Å².